The van der Waals surface area contributed by atoms with E-state index in [0.717, 1.165) is 56.1 Å². The van der Waals surface area contributed by atoms with E-state index in [1.807, 2.05) is 0 Å². The van der Waals surface area contributed by atoms with Gasteiger partial charge in [0.1, 0.15) is 16.8 Å². The number of halogens is 2. The zero-order valence-corrected chi connectivity index (χ0v) is 17.5. The lowest BCUT2D eigenvalue weighted by Gasteiger charge is -2.31. The number of hydrogen-bond acceptors (Lipinski definition) is 4. The van der Waals surface area contributed by atoms with E-state index in [-0.39, 0.29) is 5.82 Å². The number of aryl methyl sites for hydroxylation is 1. The van der Waals surface area contributed by atoms with Gasteiger partial charge >= 0.3 is 0 Å². The van der Waals surface area contributed by atoms with E-state index in [4.69, 9.17) is 23.8 Å². The first-order valence-corrected chi connectivity index (χ1v) is 10.4. The standard InChI is InChI=1S/C20H25ClFN5S/c1-14-8-11-27(12-9-14)18-13-17(21)24-19(25-18)26-20(28)23-10-2-3-15-4-6-16(22)7-5-15/h4-7,13-14H,2-3,8-12H2,1H3,(H2,23,24,25,26,28). The maximum Gasteiger partial charge on any atom is 0.232 e. The van der Waals surface area contributed by atoms with Crippen LogP contribution in [0.1, 0.15) is 31.7 Å². The molecule has 28 heavy (non-hydrogen) atoms. The summed E-state index contributed by atoms with van der Waals surface area (Å²) in [5.74, 6) is 1.76. The molecule has 0 spiro atoms. The maximum atomic E-state index is 12.9. The molecule has 8 heteroatoms. The third-order valence-electron chi connectivity index (χ3n) is 4.86. The highest BCUT2D eigenvalue weighted by Crippen LogP contribution is 2.24. The quantitative estimate of drug-likeness (QED) is 0.409. The first-order chi connectivity index (χ1) is 13.5. The van der Waals surface area contributed by atoms with E-state index in [2.05, 4.69) is 32.4 Å². The van der Waals surface area contributed by atoms with Crippen molar-refractivity contribution in [1.82, 2.24) is 15.3 Å². The summed E-state index contributed by atoms with van der Waals surface area (Å²) < 4.78 is 12.9. The van der Waals surface area contributed by atoms with Crippen LogP contribution >= 0.6 is 23.8 Å². The van der Waals surface area contributed by atoms with Crippen LogP contribution in [0.15, 0.2) is 30.3 Å². The highest BCUT2D eigenvalue weighted by atomic mass is 35.5. The second-order valence-electron chi connectivity index (χ2n) is 7.15. The summed E-state index contributed by atoms with van der Waals surface area (Å²) in [6.07, 6.45) is 4.03. The van der Waals surface area contributed by atoms with Gasteiger partial charge in [-0.2, -0.15) is 4.98 Å². The lowest BCUT2D eigenvalue weighted by atomic mass is 9.99. The average molecular weight is 422 g/mol. The minimum atomic E-state index is -0.216. The summed E-state index contributed by atoms with van der Waals surface area (Å²) in [5.41, 5.74) is 1.10. The normalized spacial score (nSPS) is 14.8. The highest BCUT2D eigenvalue weighted by molar-refractivity contribution is 7.80. The van der Waals surface area contributed by atoms with Crippen LogP contribution in [0.25, 0.3) is 0 Å². The summed E-state index contributed by atoms with van der Waals surface area (Å²) in [6.45, 7) is 4.91. The molecule has 150 valence electrons. The van der Waals surface area contributed by atoms with Crippen molar-refractivity contribution >= 4 is 40.7 Å². The van der Waals surface area contributed by atoms with Crippen LogP contribution in [0.2, 0.25) is 5.15 Å². The first-order valence-electron chi connectivity index (χ1n) is 9.58. The molecule has 3 rings (SSSR count). The predicted molar refractivity (Wildman–Crippen MR) is 117 cm³/mol. The van der Waals surface area contributed by atoms with Crippen molar-refractivity contribution in [3.8, 4) is 0 Å². The first kappa shape index (κ1) is 20.7. The zero-order chi connectivity index (χ0) is 19.9. The molecule has 1 fully saturated rings. The second kappa shape index (κ2) is 9.98. The molecule has 0 unspecified atom stereocenters. The lowest BCUT2D eigenvalue weighted by molar-refractivity contribution is 0.436. The summed E-state index contributed by atoms with van der Waals surface area (Å²) in [5, 5.41) is 7.01. The van der Waals surface area contributed by atoms with E-state index >= 15 is 0 Å². The minimum absolute atomic E-state index is 0.216. The Bertz CT molecular complexity index is 794. The smallest absolute Gasteiger partial charge is 0.232 e. The number of nitrogens with zero attached hydrogens (tertiary/aromatic N) is 3. The largest absolute Gasteiger partial charge is 0.362 e. The maximum absolute atomic E-state index is 12.9. The van der Waals surface area contributed by atoms with Gasteiger partial charge in [0.05, 0.1) is 0 Å². The van der Waals surface area contributed by atoms with Gasteiger partial charge in [0.2, 0.25) is 5.95 Å². The number of aromatic nitrogens is 2. The van der Waals surface area contributed by atoms with E-state index < -0.39 is 0 Å². The predicted octanol–water partition coefficient (Wildman–Crippen LogP) is 4.42. The molecular formula is C20H25ClFN5S. The second-order valence-corrected chi connectivity index (χ2v) is 7.95. The van der Waals surface area contributed by atoms with Crippen LogP contribution in [0.3, 0.4) is 0 Å². The Morgan fingerprint density at radius 1 is 1.25 bits per heavy atom. The third-order valence-corrected chi connectivity index (χ3v) is 5.30. The molecule has 2 N–H and O–H groups in total. The molecule has 5 nitrogen and oxygen atoms in total. The van der Waals surface area contributed by atoms with Crippen LogP contribution < -0.4 is 15.5 Å². The van der Waals surface area contributed by atoms with Crippen LogP contribution in [0.5, 0.6) is 0 Å². The molecule has 0 atom stereocenters. The lowest BCUT2D eigenvalue weighted by Crippen LogP contribution is -2.34. The van der Waals surface area contributed by atoms with Gasteiger partial charge in [-0.25, -0.2) is 9.37 Å². The van der Waals surface area contributed by atoms with Crippen LogP contribution in [0.4, 0.5) is 16.2 Å². The van der Waals surface area contributed by atoms with Gasteiger partial charge in [-0.1, -0.05) is 30.7 Å². The van der Waals surface area contributed by atoms with Crippen molar-refractivity contribution in [2.24, 2.45) is 5.92 Å². The Morgan fingerprint density at radius 3 is 2.68 bits per heavy atom. The molecule has 0 amide bonds. The van der Waals surface area contributed by atoms with Crippen molar-refractivity contribution in [3.63, 3.8) is 0 Å². The molecular weight excluding hydrogens is 397 g/mol. The Kier molecular flexibility index (Phi) is 7.39. The average Bonchev–Trinajstić information content (AvgIpc) is 2.67. The van der Waals surface area contributed by atoms with Crippen molar-refractivity contribution in [2.45, 2.75) is 32.6 Å². The van der Waals surface area contributed by atoms with Crippen molar-refractivity contribution in [3.05, 3.63) is 46.9 Å². The van der Waals surface area contributed by atoms with Crippen molar-refractivity contribution in [1.29, 1.82) is 0 Å². The SMILES string of the molecule is CC1CCN(c2cc(Cl)nc(NC(=S)NCCCc3ccc(F)cc3)n2)CC1. The van der Waals surface area contributed by atoms with Gasteiger partial charge in [0.15, 0.2) is 5.11 Å². The van der Waals surface area contributed by atoms with Gasteiger partial charge in [-0.15, -0.1) is 0 Å². The molecule has 1 aliphatic rings. The summed E-state index contributed by atoms with van der Waals surface area (Å²) >= 11 is 11.5. The third kappa shape index (κ3) is 6.27. The number of nitrogens with one attached hydrogen (secondary N) is 2. The van der Waals surface area contributed by atoms with Crippen LogP contribution in [0, 0.1) is 11.7 Å². The summed E-state index contributed by atoms with van der Waals surface area (Å²) in [7, 11) is 0. The van der Waals surface area contributed by atoms with Crippen LogP contribution in [-0.4, -0.2) is 34.7 Å². The van der Waals surface area contributed by atoms with E-state index in [0.29, 0.717) is 22.8 Å². The number of hydrogen-bond donors (Lipinski definition) is 2. The van der Waals surface area contributed by atoms with E-state index in [1.54, 1.807) is 18.2 Å². The molecule has 2 heterocycles. The number of rotatable bonds is 6. The fourth-order valence-electron chi connectivity index (χ4n) is 3.15. The highest BCUT2D eigenvalue weighted by Gasteiger charge is 2.18. The van der Waals surface area contributed by atoms with E-state index in [9.17, 15) is 4.39 Å². The molecule has 1 aliphatic heterocycles. The van der Waals surface area contributed by atoms with Gasteiger partial charge in [-0.3, -0.25) is 0 Å². The Hall–Kier alpha value is -1.99. The molecule has 0 radical (unpaired) electrons. The Labute approximate surface area is 175 Å². The fourth-order valence-corrected chi connectivity index (χ4v) is 3.52. The number of piperidine rings is 1. The zero-order valence-electron chi connectivity index (χ0n) is 15.9. The molecule has 2 aromatic rings. The molecule has 1 aromatic carbocycles. The monoisotopic (exact) mass is 421 g/mol. The van der Waals surface area contributed by atoms with Gasteiger partial charge in [0.25, 0.3) is 0 Å². The molecule has 0 bridgehead atoms. The topological polar surface area (TPSA) is 53.1 Å². The van der Waals surface area contributed by atoms with Gasteiger partial charge < -0.3 is 15.5 Å². The molecule has 0 saturated carbocycles. The number of thiocarbonyl (C=S) groups is 1. The summed E-state index contributed by atoms with van der Waals surface area (Å²) in [4.78, 5) is 11.0. The van der Waals surface area contributed by atoms with Crippen molar-refractivity contribution in [2.75, 3.05) is 29.9 Å². The Morgan fingerprint density at radius 2 is 1.96 bits per heavy atom. The van der Waals surface area contributed by atoms with Crippen LogP contribution in [-0.2, 0) is 6.42 Å². The summed E-state index contributed by atoms with van der Waals surface area (Å²) in [6, 6.07) is 8.35. The molecule has 0 aliphatic carbocycles. The Balaban J connectivity index is 1.47. The fraction of sp³-hybridized carbons (Fsp3) is 0.450. The van der Waals surface area contributed by atoms with Gasteiger partial charge in [-0.05, 0) is 61.5 Å². The molecule has 1 aromatic heterocycles. The van der Waals surface area contributed by atoms with E-state index in [1.165, 1.54) is 12.1 Å². The van der Waals surface area contributed by atoms with Gasteiger partial charge in [0, 0.05) is 25.7 Å². The van der Waals surface area contributed by atoms with Crippen molar-refractivity contribution < 1.29 is 4.39 Å². The number of anilines is 2. The molecule has 1 saturated heterocycles. The number of benzene rings is 1. The minimum Gasteiger partial charge on any atom is -0.362 e.